The van der Waals surface area contributed by atoms with Gasteiger partial charge in [-0.15, -0.1) is 11.3 Å². The van der Waals surface area contributed by atoms with Gasteiger partial charge in [-0.1, -0.05) is 6.92 Å². The molecule has 0 aromatic carbocycles. The monoisotopic (exact) mass is 271 g/mol. The molecular formula is C13H21NOS2. The molecule has 1 fully saturated rings. The molecule has 1 aromatic rings. The molecule has 0 saturated carbocycles. The van der Waals surface area contributed by atoms with E-state index in [-0.39, 0.29) is 0 Å². The van der Waals surface area contributed by atoms with E-state index in [0.717, 1.165) is 31.0 Å². The molecular weight excluding hydrogens is 250 g/mol. The predicted octanol–water partition coefficient (Wildman–Crippen LogP) is 2.57. The smallest absolute Gasteiger partial charge is 0.0822 e. The molecule has 1 aromatic heterocycles. The maximum Gasteiger partial charge on any atom is 0.0822 e. The Labute approximate surface area is 112 Å². The quantitative estimate of drug-likeness (QED) is 0.889. The van der Waals surface area contributed by atoms with Crippen LogP contribution in [-0.2, 0) is 17.6 Å². The standard InChI is InChI=1S/C13H21NOS2/c1-3-10-4-5-11(17-10)8-12(14-2)13-9-16-7-6-15-13/h4-5,12-14H,3,6-9H2,1-2H3. The highest BCUT2D eigenvalue weighted by atomic mass is 32.2. The lowest BCUT2D eigenvalue weighted by Gasteiger charge is -2.29. The summed E-state index contributed by atoms with van der Waals surface area (Å²) in [6.45, 7) is 3.12. The Bertz CT molecular complexity index is 334. The number of ether oxygens (including phenoxy) is 1. The molecule has 0 radical (unpaired) electrons. The van der Waals surface area contributed by atoms with E-state index in [1.165, 1.54) is 9.75 Å². The van der Waals surface area contributed by atoms with Gasteiger partial charge in [0.1, 0.15) is 0 Å². The fraction of sp³-hybridized carbons (Fsp3) is 0.692. The van der Waals surface area contributed by atoms with Gasteiger partial charge in [0.15, 0.2) is 0 Å². The van der Waals surface area contributed by atoms with Crippen molar-refractivity contribution in [3.8, 4) is 0 Å². The van der Waals surface area contributed by atoms with Gasteiger partial charge < -0.3 is 10.1 Å². The van der Waals surface area contributed by atoms with Crippen LogP contribution in [0.4, 0.5) is 0 Å². The highest BCUT2D eigenvalue weighted by Crippen LogP contribution is 2.22. The van der Waals surface area contributed by atoms with Crippen molar-refractivity contribution < 1.29 is 4.74 Å². The summed E-state index contributed by atoms with van der Waals surface area (Å²) in [4.78, 5) is 2.95. The Morgan fingerprint density at radius 2 is 2.29 bits per heavy atom. The third-order valence-electron chi connectivity index (χ3n) is 3.15. The van der Waals surface area contributed by atoms with Crippen molar-refractivity contribution in [3.63, 3.8) is 0 Å². The van der Waals surface area contributed by atoms with E-state index in [1.807, 2.05) is 30.1 Å². The van der Waals surface area contributed by atoms with Gasteiger partial charge in [-0.3, -0.25) is 0 Å². The Hall–Kier alpha value is -0.0300. The van der Waals surface area contributed by atoms with Crippen molar-refractivity contribution in [1.82, 2.24) is 5.32 Å². The van der Waals surface area contributed by atoms with Crippen molar-refractivity contribution in [1.29, 1.82) is 0 Å². The summed E-state index contributed by atoms with van der Waals surface area (Å²) in [7, 11) is 2.04. The van der Waals surface area contributed by atoms with Gasteiger partial charge in [0.25, 0.3) is 0 Å². The number of hydrogen-bond acceptors (Lipinski definition) is 4. The summed E-state index contributed by atoms with van der Waals surface area (Å²) in [6.07, 6.45) is 2.60. The van der Waals surface area contributed by atoms with Crippen LogP contribution < -0.4 is 5.32 Å². The van der Waals surface area contributed by atoms with Gasteiger partial charge in [0, 0.05) is 27.3 Å². The highest BCUT2D eigenvalue weighted by Gasteiger charge is 2.24. The third kappa shape index (κ3) is 3.71. The van der Waals surface area contributed by atoms with E-state index >= 15 is 0 Å². The molecule has 0 aliphatic carbocycles. The lowest BCUT2D eigenvalue weighted by atomic mass is 10.1. The molecule has 1 aliphatic rings. The second kappa shape index (κ2) is 6.78. The summed E-state index contributed by atoms with van der Waals surface area (Å²) in [6, 6.07) is 4.97. The van der Waals surface area contributed by atoms with Crippen LogP contribution in [0.1, 0.15) is 16.7 Å². The number of thioether (sulfide) groups is 1. The minimum Gasteiger partial charge on any atom is -0.375 e. The summed E-state index contributed by atoms with van der Waals surface area (Å²) in [5.41, 5.74) is 0. The van der Waals surface area contributed by atoms with Gasteiger partial charge in [-0.2, -0.15) is 11.8 Å². The summed E-state index contributed by atoms with van der Waals surface area (Å²) in [5.74, 6) is 2.27. The molecule has 2 heterocycles. The fourth-order valence-corrected chi connectivity index (χ4v) is 4.05. The number of likely N-dealkylation sites (N-methyl/N-ethyl adjacent to an activating group) is 1. The average molecular weight is 271 g/mol. The summed E-state index contributed by atoms with van der Waals surface area (Å²) in [5, 5.41) is 3.42. The van der Waals surface area contributed by atoms with Gasteiger partial charge >= 0.3 is 0 Å². The van der Waals surface area contributed by atoms with E-state index in [0.29, 0.717) is 12.1 Å². The van der Waals surface area contributed by atoms with Crippen molar-refractivity contribution in [2.75, 3.05) is 25.2 Å². The molecule has 4 heteroatoms. The van der Waals surface area contributed by atoms with E-state index in [1.54, 1.807) is 0 Å². The van der Waals surface area contributed by atoms with Crippen LogP contribution in [0.25, 0.3) is 0 Å². The first kappa shape index (κ1) is 13.4. The zero-order chi connectivity index (χ0) is 12.1. The first-order valence-corrected chi connectivity index (χ1v) is 8.24. The molecule has 17 heavy (non-hydrogen) atoms. The maximum atomic E-state index is 5.86. The van der Waals surface area contributed by atoms with Crippen LogP contribution in [-0.4, -0.2) is 37.3 Å². The average Bonchev–Trinajstić information content (AvgIpc) is 2.84. The van der Waals surface area contributed by atoms with E-state index < -0.39 is 0 Å². The van der Waals surface area contributed by atoms with Gasteiger partial charge in [0.2, 0.25) is 0 Å². The number of aryl methyl sites for hydroxylation is 1. The van der Waals surface area contributed by atoms with Crippen molar-refractivity contribution in [2.24, 2.45) is 0 Å². The second-order valence-corrected chi connectivity index (χ2v) is 6.71. The third-order valence-corrected chi connectivity index (χ3v) is 5.42. The molecule has 2 atom stereocenters. The molecule has 2 unspecified atom stereocenters. The van der Waals surface area contributed by atoms with Crippen LogP contribution in [0, 0.1) is 0 Å². The SMILES string of the molecule is CCc1ccc(CC(NC)C2CSCCO2)s1. The zero-order valence-corrected chi connectivity index (χ0v) is 12.2. The number of nitrogens with one attached hydrogen (secondary N) is 1. The molecule has 2 rings (SSSR count). The van der Waals surface area contributed by atoms with Gasteiger partial charge in [0.05, 0.1) is 12.7 Å². The maximum absolute atomic E-state index is 5.86. The Morgan fingerprint density at radius 3 is 2.88 bits per heavy atom. The van der Waals surface area contributed by atoms with Crippen molar-refractivity contribution >= 4 is 23.1 Å². The number of hydrogen-bond donors (Lipinski definition) is 1. The van der Waals surface area contributed by atoms with E-state index in [2.05, 4.69) is 24.4 Å². The van der Waals surface area contributed by atoms with Crippen molar-refractivity contribution in [2.45, 2.75) is 31.9 Å². The second-order valence-electron chi connectivity index (χ2n) is 4.31. The lowest BCUT2D eigenvalue weighted by Crippen LogP contribution is -2.44. The zero-order valence-electron chi connectivity index (χ0n) is 10.6. The van der Waals surface area contributed by atoms with Gasteiger partial charge in [-0.25, -0.2) is 0 Å². The summed E-state index contributed by atoms with van der Waals surface area (Å²) < 4.78 is 5.86. The van der Waals surface area contributed by atoms with E-state index in [4.69, 9.17) is 4.74 Å². The van der Waals surface area contributed by atoms with E-state index in [9.17, 15) is 0 Å². The Morgan fingerprint density at radius 1 is 1.47 bits per heavy atom. The first-order valence-electron chi connectivity index (χ1n) is 6.27. The molecule has 0 bridgehead atoms. The molecule has 2 nitrogen and oxygen atoms in total. The minimum absolute atomic E-state index is 0.367. The predicted molar refractivity (Wildman–Crippen MR) is 77.3 cm³/mol. The molecule has 0 amide bonds. The highest BCUT2D eigenvalue weighted by molar-refractivity contribution is 7.99. The first-order chi connectivity index (χ1) is 8.33. The minimum atomic E-state index is 0.367. The lowest BCUT2D eigenvalue weighted by molar-refractivity contribution is 0.0494. The van der Waals surface area contributed by atoms with Crippen LogP contribution in [0.15, 0.2) is 12.1 Å². The summed E-state index contributed by atoms with van der Waals surface area (Å²) >= 11 is 3.94. The Kier molecular flexibility index (Phi) is 5.35. The molecule has 96 valence electrons. The molecule has 1 saturated heterocycles. The largest absolute Gasteiger partial charge is 0.375 e. The van der Waals surface area contributed by atoms with Crippen LogP contribution in [0.3, 0.4) is 0 Å². The van der Waals surface area contributed by atoms with Crippen molar-refractivity contribution in [3.05, 3.63) is 21.9 Å². The number of thiophene rings is 1. The Balaban J connectivity index is 1.93. The van der Waals surface area contributed by atoms with Gasteiger partial charge in [-0.05, 0) is 32.0 Å². The topological polar surface area (TPSA) is 21.3 Å². The van der Waals surface area contributed by atoms with Crippen LogP contribution >= 0.6 is 23.1 Å². The molecule has 1 N–H and O–H groups in total. The fourth-order valence-electron chi connectivity index (χ4n) is 2.10. The molecule has 1 aliphatic heterocycles. The normalized spacial score (nSPS) is 22.6. The van der Waals surface area contributed by atoms with Crippen LogP contribution in [0.5, 0.6) is 0 Å². The van der Waals surface area contributed by atoms with Crippen LogP contribution in [0.2, 0.25) is 0 Å². The molecule has 0 spiro atoms. The number of rotatable bonds is 5.